The lowest BCUT2D eigenvalue weighted by molar-refractivity contribution is -0.128. The number of rotatable bonds is 5. The van der Waals surface area contributed by atoms with Crippen LogP contribution >= 0.6 is 12.4 Å². The van der Waals surface area contributed by atoms with Crippen molar-refractivity contribution >= 4 is 24.2 Å². The topological polar surface area (TPSA) is 52.7 Å². The van der Waals surface area contributed by atoms with Gasteiger partial charge in [0.25, 0.3) is 5.91 Å². The Morgan fingerprint density at radius 3 is 2.60 bits per heavy atom. The predicted octanol–water partition coefficient (Wildman–Crippen LogP) is 3.58. The van der Waals surface area contributed by atoms with E-state index >= 15 is 0 Å². The Morgan fingerprint density at radius 2 is 1.90 bits per heavy atom. The molecule has 4 rings (SSSR count). The number of amides is 2. The van der Waals surface area contributed by atoms with Gasteiger partial charge in [0, 0.05) is 44.7 Å². The summed E-state index contributed by atoms with van der Waals surface area (Å²) in [6, 6.07) is 16.4. The van der Waals surface area contributed by atoms with Crippen LogP contribution in [0.15, 0.2) is 48.5 Å². The molecule has 2 aromatic rings. The molecule has 0 aliphatic carbocycles. The summed E-state index contributed by atoms with van der Waals surface area (Å²) in [5.41, 5.74) is 4.19. The van der Waals surface area contributed by atoms with Gasteiger partial charge in [-0.25, -0.2) is 0 Å². The molecule has 30 heavy (non-hydrogen) atoms. The molecule has 0 aromatic heterocycles. The number of hydrogen-bond acceptors (Lipinski definition) is 3. The number of nitrogens with zero attached hydrogens (tertiary/aromatic N) is 2. The first-order valence-electron chi connectivity index (χ1n) is 10.6. The summed E-state index contributed by atoms with van der Waals surface area (Å²) >= 11 is 0. The summed E-state index contributed by atoms with van der Waals surface area (Å²) in [7, 11) is 0. The molecule has 2 aromatic carbocycles. The minimum Gasteiger partial charge on any atom is -0.338 e. The number of halogens is 1. The second-order valence-corrected chi connectivity index (χ2v) is 7.93. The fraction of sp³-hybridized carbons (Fsp3) is 0.417. The van der Waals surface area contributed by atoms with Crippen LogP contribution in [0.5, 0.6) is 0 Å². The van der Waals surface area contributed by atoms with Gasteiger partial charge in [0.2, 0.25) is 5.91 Å². The summed E-state index contributed by atoms with van der Waals surface area (Å²) in [5.74, 6) is 0.269. The predicted molar refractivity (Wildman–Crippen MR) is 121 cm³/mol. The van der Waals surface area contributed by atoms with E-state index in [4.69, 9.17) is 0 Å². The van der Waals surface area contributed by atoms with Crippen molar-refractivity contribution < 1.29 is 9.59 Å². The van der Waals surface area contributed by atoms with Gasteiger partial charge in [-0.3, -0.25) is 9.59 Å². The van der Waals surface area contributed by atoms with Crippen LogP contribution in [0.25, 0.3) is 0 Å². The molecule has 2 aliphatic rings. The molecule has 160 valence electrons. The molecule has 1 N–H and O–H groups in total. The highest BCUT2D eigenvalue weighted by Gasteiger charge is 2.29. The first-order chi connectivity index (χ1) is 14.2. The lowest BCUT2D eigenvalue weighted by Crippen LogP contribution is -2.48. The van der Waals surface area contributed by atoms with Gasteiger partial charge in [-0.2, -0.15) is 0 Å². The number of hydrogen-bond donors (Lipinski definition) is 1. The minimum atomic E-state index is 0. The van der Waals surface area contributed by atoms with E-state index in [0.717, 1.165) is 38.0 Å². The van der Waals surface area contributed by atoms with E-state index in [1.807, 2.05) is 34.1 Å². The minimum absolute atomic E-state index is 0. The summed E-state index contributed by atoms with van der Waals surface area (Å²) in [6.45, 7) is 5.80. The fourth-order valence-electron chi connectivity index (χ4n) is 4.28. The van der Waals surface area contributed by atoms with E-state index in [-0.39, 0.29) is 30.3 Å². The number of piperazine rings is 1. The first kappa shape index (κ1) is 22.3. The molecule has 0 radical (unpaired) electrons. The number of benzene rings is 2. The van der Waals surface area contributed by atoms with Crippen LogP contribution in [0.3, 0.4) is 0 Å². The Bertz CT molecular complexity index is 884. The standard InChI is InChI=1S/C24H29N3O2.ClH/c1-2-18-8-10-20(11-9-18)22-16-25-12-14-27(22)24(29)21-6-3-5-19(15-21)17-26-13-4-7-23(26)28;/h3,5-6,8-11,15,22,25H,2,4,7,12-14,16-17H2,1H3;1H. The number of aryl methyl sites for hydroxylation is 1. The van der Waals surface area contributed by atoms with Gasteiger partial charge in [-0.05, 0) is 41.7 Å². The third-order valence-electron chi connectivity index (χ3n) is 6.00. The van der Waals surface area contributed by atoms with E-state index in [0.29, 0.717) is 25.1 Å². The van der Waals surface area contributed by atoms with E-state index in [1.165, 1.54) is 11.1 Å². The number of nitrogens with one attached hydrogen (secondary N) is 1. The second-order valence-electron chi connectivity index (χ2n) is 7.93. The number of carbonyl (C=O) groups excluding carboxylic acids is 2. The maximum Gasteiger partial charge on any atom is 0.254 e. The second kappa shape index (κ2) is 10.1. The highest BCUT2D eigenvalue weighted by Crippen LogP contribution is 2.25. The molecule has 1 atom stereocenters. The summed E-state index contributed by atoms with van der Waals surface area (Å²) < 4.78 is 0. The van der Waals surface area contributed by atoms with Crippen molar-refractivity contribution in [2.24, 2.45) is 0 Å². The molecule has 2 aliphatic heterocycles. The molecular weight excluding hydrogens is 398 g/mol. The fourth-order valence-corrected chi connectivity index (χ4v) is 4.28. The molecule has 0 saturated carbocycles. The Labute approximate surface area is 184 Å². The van der Waals surface area contributed by atoms with Crippen LogP contribution < -0.4 is 5.32 Å². The van der Waals surface area contributed by atoms with E-state index in [2.05, 4.69) is 36.5 Å². The number of carbonyl (C=O) groups is 2. The van der Waals surface area contributed by atoms with Crippen molar-refractivity contribution in [3.63, 3.8) is 0 Å². The SMILES string of the molecule is CCc1ccc(C2CNCCN2C(=O)c2cccc(CN3CCCC3=O)c2)cc1.Cl. The van der Waals surface area contributed by atoms with Crippen molar-refractivity contribution in [1.29, 1.82) is 0 Å². The highest BCUT2D eigenvalue weighted by atomic mass is 35.5. The molecule has 2 heterocycles. The zero-order chi connectivity index (χ0) is 20.2. The average molecular weight is 428 g/mol. The highest BCUT2D eigenvalue weighted by molar-refractivity contribution is 5.94. The van der Waals surface area contributed by atoms with E-state index in [1.54, 1.807) is 0 Å². The summed E-state index contributed by atoms with van der Waals surface area (Å²) in [5, 5.41) is 3.42. The van der Waals surface area contributed by atoms with Crippen molar-refractivity contribution in [2.45, 2.75) is 38.8 Å². The van der Waals surface area contributed by atoms with Crippen molar-refractivity contribution in [3.05, 3.63) is 70.8 Å². The van der Waals surface area contributed by atoms with Crippen LogP contribution in [0.2, 0.25) is 0 Å². The Morgan fingerprint density at radius 1 is 1.10 bits per heavy atom. The molecule has 2 fully saturated rings. The Hall–Kier alpha value is -2.37. The summed E-state index contributed by atoms with van der Waals surface area (Å²) in [6.07, 6.45) is 2.58. The first-order valence-corrected chi connectivity index (χ1v) is 10.6. The molecule has 0 bridgehead atoms. The van der Waals surface area contributed by atoms with Crippen LogP contribution in [0, 0.1) is 0 Å². The zero-order valence-corrected chi connectivity index (χ0v) is 18.3. The lowest BCUT2D eigenvalue weighted by Gasteiger charge is -2.37. The molecule has 2 amide bonds. The third-order valence-corrected chi connectivity index (χ3v) is 6.00. The summed E-state index contributed by atoms with van der Waals surface area (Å²) in [4.78, 5) is 29.2. The third kappa shape index (κ3) is 4.85. The van der Waals surface area contributed by atoms with Crippen molar-refractivity contribution in [3.8, 4) is 0 Å². The van der Waals surface area contributed by atoms with Crippen molar-refractivity contribution in [1.82, 2.24) is 15.1 Å². The van der Waals surface area contributed by atoms with Gasteiger partial charge < -0.3 is 15.1 Å². The Balaban J connectivity index is 0.00000256. The lowest BCUT2D eigenvalue weighted by atomic mass is 9.99. The maximum absolute atomic E-state index is 13.4. The zero-order valence-electron chi connectivity index (χ0n) is 17.5. The van der Waals surface area contributed by atoms with Gasteiger partial charge >= 0.3 is 0 Å². The van der Waals surface area contributed by atoms with Crippen LogP contribution in [-0.4, -0.2) is 47.8 Å². The van der Waals surface area contributed by atoms with Crippen LogP contribution in [0.4, 0.5) is 0 Å². The number of likely N-dealkylation sites (tertiary alicyclic amines) is 1. The molecular formula is C24H30ClN3O2. The van der Waals surface area contributed by atoms with E-state index < -0.39 is 0 Å². The van der Waals surface area contributed by atoms with Gasteiger partial charge in [-0.1, -0.05) is 43.3 Å². The van der Waals surface area contributed by atoms with Gasteiger partial charge in [0.1, 0.15) is 0 Å². The molecule has 5 nitrogen and oxygen atoms in total. The van der Waals surface area contributed by atoms with Gasteiger partial charge in [0.15, 0.2) is 0 Å². The Kier molecular flexibility index (Phi) is 7.51. The molecule has 6 heteroatoms. The molecule has 2 saturated heterocycles. The monoisotopic (exact) mass is 427 g/mol. The largest absolute Gasteiger partial charge is 0.338 e. The van der Waals surface area contributed by atoms with Crippen LogP contribution in [0.1, 0.15) is 52.9 Å². The maximum atomic E-state index is 13.4. The smallest absolute Gasteiger partial charge is 0.254 e. The van der Waals surface area contributed by atoms with Crippen LogP contribution in [-0.2, 0) is 17.8 Å². The molecule has 0 spiro atoms. The average Bonchev–Trinajstić information content (AvgIpc) is 3.18. The van der Waals surface area contributed by atoms with E-state index in [9.17, 15) is 9.59 Å². The van der Waals surface area contributed by atoms with Crippen molar-refractivity contribution in [2.75, 3.05) is 26.2 Å². The van der Waals surface area contributed by atoms with Gasteiger partial charge in [-0.15, -0.1) is 12.4 Å². The van der Waals surface area contributed by atoms with Gasteiger partial charge in [0.05, 0.1) is 6.04 Å². The molecule has 1 unspecified atom stereocenters. The quantitative estimate of drug-likeness (QED) is 0.793. The normalized spacial score (nSPS) is 19.0.